The molecular weight excluding hydrogens is 278 g/mol. The summed E-state index contributed by atoms with van der Waals surface area (Å²) in [4.78, 5) is 21.6. The maximum Gasteiger partial charge on any atom is 0.339 e. The Bertz CT molecular complexity index is 665. The molecule has 0 unspecified atom stereocenters. The molecule has 0 saturated heterocycles. The van der Waals surface area contributed by atoms with E-state index < -0.39 is 16.6 Å². The van der Waals surface area contributed by atoms with Gasteiger partial charge in [-0.25, -0.2) is 4.79 Å². The fourth-order valence-corrected chi connectivity index (χ4v) is 1.76. The predicted octanol–water partition coefficient (Wildman–Crippen LogP) is 3.09. The number of carboxylic acid groups (broad SMARTS) is 1. The Morgan fingerprint density at radius 1 is 1.14 bits per heavy atom. The predicted molar refractivity (Wildman–Crippen MR) is 73.1 cm³/mol. The van der Waals surface area contributed by atoms with Gasteiger partial charge < -0.3 is 14.6 Å². The van der Waals surface area contributed by atoms with E-state index in [1.165, 1.54) is 31.4 Å². The summed E-state index contributed by atoms with van der Waals surface area (Å²) in [6.45, 7) is 0. The summed E-state index contributed by atoms with van der Waals surface area (Å²) in [7, 11) is 1.42. The number of hydrogen-bond donors (Lipinski definition) is 1. The number of nitro benzene ring substituents is 1. The van der Waals surface area contributed by atoms with E-state index in [1.807, 2.05) is 0 Å². The number of nitrogens with zero attached hydrogens (tertiary/aromatic N) is 1. The fourth-order valence-electron chi connectivity index (χ4n) is 1.76. The van der Waals surface area contributed by atoms with E-state index in [0.717, 1.165) is 0 Å². The topological polar surface area (TPSA) is 98.9 Å². The maximum absolute atomic E-state index is 11.2. The Morgan fingerprint density at radius 2 is 1.81 bits per heavy atom. The molecule has 21 heavy (non-hydrogen) atoms. The Hall–Kier alpha value is -3.09. The van der Waals surface area contributed by atoms with Crippen LogP contribution in [0.1, 0.15) is 10.4 Å². The van der Waals surface area contributed by atoms with Gasteiger partial charge in [0.05, 0.1) is 12.0 Å². The first kappa shape index (κ1) is 14.3. The molecule has 0 saturated carbocycles. The first-order chi connectivity index (χ1) is 10.0. The number of para-hydroxylation sites is 3. The van der Waals surface area contributed by atoms with Crippen LogP contribution in [0.3, 0.4) is 0 Å². The van der Waals surface area contributed by atoms with E-state index in [2.05, 4.69) is 0 Å². The first-order valence-electron chi connectivity index (χ1n) is 5.86. The number of methoxy groups -OCH3 is 1. The van der Waals surface area contributed by atoms with E-state index in [4.69, 9.17) is 14.6 Å². The van der Waals surface area contributed by atoms with Crippen molar-refractivity contribution in [3.8, 4) is 17.2 Å². The minimum atomic E-state index is -1.32. The average Bonchev–Trinajstić information content (AvgIpc) is 2.47. The second-order valence-electron chi connectivity index (χ2n) is 3.97. The quantitative estimate of drug-likeness (QED) is 0.670. The largest absolute Gasteiger partial charge is 0.493 e. The van der Waals surface area contributed by atoms with Crippen molar-refractivity contribution < 1.29 is 24.3 Å². The summed E-state index contributed by atoms with van der Waals surface area (Å²) >= 11 is 0. The van der Waals surface area contributed by atoms with Crippen LogP contribution < -0.4 is 9.47 Å². The number of carboxylic acids is 1. The summed E-state index contributed by atoms with van der Waals surface area (Å²) in [6.07, 6.45) is 0. The minimum absolute atomic E-state index is 0.191. The summed E-state index contributed by atoms with van der Waals surface area (Å²) in [5.41, 5.74) is -0.726. The summed E-state index contributed by atoms with van der Waals surface area (Å²) < 4.78 is 10.5. The molecule has 2 rings (SSSR count). The van der Waals surface area contributed by atoms with Crippen molar-refractivity contribution in [1.29, 1.82) is 0 Å². The highest BCUT2D eigenvalue weighted by Crippen LogP contribution is 2.38. The molecule has 0 amide bonds. The van der Waals surface area contributed by atoms with Gasteiger partial charge in [0.2, 0.25) is 5.75 Å². The SMILES string of the molecule is COc1ccccc1Oc1c(C(=O)O)cccc1[N+](=O)[O-]. The summed E-state index contributed by atoms with van der Waals surface area (Å²) in [6, 6.07) is 10.2. The van der Waals surface area contributed by atoms with Gasteiger partial charge in [-0.1, -0.05) is 18.2 Å². The van der Waals surface area contributed by atoms with Crippen LogP contribution in [-0.2, 0) is 0 Å². The molecule has 0 fully saturated rings. The second-order valence-corrected chi connectivity index (χ2v) is 3.97. The Labute approximate surface area is 119 Å². The van der Waals surface area contributed by atoms with Gasteiger partial charge in [0.25, 0.3) is 0 Å². The lowest BCUT2D eigenvalue weighted by molar-refractivity contribution is -0.385. The normalized spacial score (nSPS) is 9.95. The van der Waals surface area contributed by atoms with E-state index in [-0.39, 0.29) is 17.1 Å². The molecule has 1 N–H and O–H groups in total. The van der Waals surface area contributed by atoms with Crippen LogP contribution in [0.15, 0.2) is 42.5 Å². The Balaban J connectivity index is 2.56. The minimum Gasteiger partial charge on any atom is -0.493 e. The van der Waals surface area contributed by atoms with E-state index in [1.54, 1.807) is 18.2 Å². The standard InChI is InChI=1S/C14H11NO6/c1-20-11-7-2-3-8-12(11)21-13-9(14(16)17)5-4-6-10(13)15(18)19/h2-8H,1H3,(H,16,17). The molecule has 2 aromatic carbocycles. The van der Waals surface area contributed by atoms with Crippen molar-refractivity contribution in [3.63, 3.8) is 0 Å². The van der Waals surface area contributed by atoms with Crippen molar-refractivity contribution in [2.75, 3.05) is 7.11 Å². The fraction of sp³-hybridized carbons (Fsp3) is 0.0714. The van der Waals surface area contributed by atoms with Crippen LogP contribution in [0.25, 0.3) is 0 Å². The zero-order valence-corrected chi connectivity index (χ0v) is 11.0. The molecule has 0 aliphatic heterocycles. The third kappa shape index (κ3) is 2.92. The zero-order valence-electron chi connectivity index (χ0n) is 11.0. The van der Waals surface area contributed by atoms with Gasteiger partial charge in [-0.05, 0) is 18.2 Å². The maximum atomic E-state index is 11.2. The number of rotatable bonds is 5. The number of aromatic carboxylic acids is 1. The molecule has 0 aromatic heterocycles. The van der Waals surface area contributed by atoms with Crippen LogP contribution in [0, 0.1) is 10.1 Å². The van der Waals surface area contributed by atoms with Gasteiger partial charge in [0.1, 0.15) is 5.56 Å². The van der Waals surface area contributed by atoms with Crippen molar-refractivity contribution in [2.24, 2.45) is 0 Å². The van der Waals surface area contributed by atoms with Crippen LogP contribution in [0.4, 0.5) is 5.69 Å². The Morgan fingerprint density at radius 3 is 2.38 bits per heavy atom. The van der Waals surface area contributed by atoms with Gasteiger partial charge >= 0.3 is 11.7 Å². The van der Waals surface area contributed by atoms with E-state index in [9.17, 15) is 14.9 Å². The highest BCUT2D eigenvalue weighted by molar-refractivity contribution is 5.92. The molecule has 0 atom stereocenters. The van der Waals surface area contributed by atoms with Crippen molar-refractivity contribution in [2.45, 2.75) is 0 Å². The molecule has 2 aromatic rings. The van der Waals surface area contributed by atoms with E-state index >= 15 is 0 Å². The van der Waals surface area contributed by atoms with Gasteiger partial charge in [0.15, 0.2) is 11.5 Å². The Kier molecular flexibility index (Phi) is 4.03. The lowest BCUT2D eigenvalue weighted by atomic mass is 10.1. The molecule has 7 nitrogen and oxygen atoms in total. The second kappa shape index (κ2) is 5.91. The van der Waals surface area contributed by atoms with Crippen molar-refractivity contribution >= 4 is 11.7 Å². The number of nitro groups is 1. The molecule has 0 bridgehead atoms. The molecule has 7 heteroatoms. The molecule has 0 spiro atoms. The zero-order chi connectivity index (χ0) is 15.4. The van der Waals surface area contributed by atoms with Crippen LogP contribution in [0.5, 0.6) is 17.2 Å². The lowest BCUT2D eigenvalue weighted by Crippen LogP contribution is -2.03. The number of hydrogen-bond acceptors (Lipinski definition) is 5. The third-order valence-corrected chi connectivity index (χ3v) is 2.70. The van der Waals surface area contributed by atoms with Crippen LogP contribution >= 0.6 is 0 Å². The molecule has 0 aliphatic rings. The van der Waals surface area contributed by atoms with Gasteiger partial charge in [-0.2, -0.15) is 0 Å². The molecule has 0 aliphatic carbocycles. The van der Waals surface area contributed by atoms with Gasteiger partial charge in [0, 0.05) is 6.07 Å². The highest BCUT2D eigenvalue weighted by Gasteiger charge is 2.24. The number of benzene rings is 2. The van der Waals surface area contributed by atoms with Gasteiger partial charge in [-0.3, -0.25) is 10.1 Å². The summed E-state index contributed by atoms with van der Waals surface area (Å²) in [5, 5.41) is 20.2. The first-order valence-corrected chi connectivity index (χ1v) is 5.86. The number of carbonyl (C=O) groups is 1. The third-order valence-electron chi connectivity index (χ3n) is 2.70. The average molecular weight is 289 g/mol. The molecule has 108 valence electrons. The molecular formula is C14H11NO6. The van der Waals surface area contributed by atoms with Crippen LogP contribution in [0.2, 0.25) is 0 Å². The highest BCUT2D eigenvalue weighted by atomic mass is 16.6. The monoisotopic (exact) mass is 289 g/mol. The smallest absolute Gasteiger partial charge is 0.339 e. The summed E-state index contributed by atoms with van der Waals surface area (Å²) in [5.74, 6) is -1.12. The lowest BCUT2D eigenvalue weighted by Gasteiger charge is -2.11. The molecule has 0 heterocycles. The van der Waals surface area contributed by atoms with E-state index in [0.29, 0.717) is 5.75 Å². The number of ether oxygens (including phenoxy) is 2. The van der Waals surface area contributed by atoms with Crippen molar-refractivity contribution in [1.82, 2.24) is 0 Å². The van der Waals surface area contributed by atoms with Crippen LogP contribution in [-0.4, -0.2) is 23.1 Å². The van der Waals surface area contributed by atoms with Gasteiger partial charge in [-0.15, -0.1) is 0 Å². The molecule has 0 radical (unpaired) electrons. The van der Waals surface area contributed by atoms with Crippen molar-refractivity contribution in [3.05, 3.63) is 58.1 Å².